The quantitative estimate of drug-likeness (QED) is 0.865. The molecular formula is C20H26N4O2. The molecule has 0 saturated heterocycles. The smallest absolute Gasteiger partial charge is 0.291 e. The lowest BCUT2D eigenvalue weighted by atomic mass is 10.1. The van der Waals surface area contributed by atoms with Crippen molar-refractivity contribution in [1.29, 1.82) is 0 Å². The lowest BCUT2D eigenvalue weighted by molar-refractivity contribution is 0.0947. The molecule has 0 bridgehead atoms. The summed E-state index contributed by atoms with van der Waals surface area (Å²) in [5, 5.41) is 5.83. The van der Waals surface area contributed by atoms with E-state index in [0.717, 1.165) is 54.7 Å². The van der Waals surface area contributed by atoms with Crippen molar-refractivity contribution in [1.82, 2.24) is 14.9 Å². The number of aryl methyl sites for hydroxylation is 1. The highest BCUT2D eigenvalue weighted by Crippen LogP contribution is 2.23. The second kappa shape index (κ2) is 7.72. The summed E-state index contributed by atoms with van der Waals surface area (Å²) < 4.78 is 1.91. The molecule has 0 aliphatic carbocycles. The van der Waals surface area contributed by atoms with Crippen molar-refractivity contribution in [3.63, 3.8) is 0 Å². The van der Waals surface area contributed by atoms with Crippen molar-refractivity contribution in [2.45, 2.75) is 53.0 Å². The molecule has 138 valence electrons. The van der Waals surface area contributed by atoms with Crippen LogP contribution >= 0.6 is 0 Å². The monoisotopic (exact) mass is 354 g/mol. The molecular weight excluding hydrogens is 328 g/mol. The van der Waals surface area contributed by atoms with Crippen LogP contribution in [-0.2, 0) is 13.0 Å². The van der Waals surface area contributed by atoms with E-state index in [1.54, 1.807) is 0 Å². The molecule has 0 atom stereocenters. The summed E-state index contributed by atoms with van der Waals surface area (Å²) in [4.78, 5) is 29.8. The molecule has 26 heavy (non-hydrogen) atoms. The molecule has 1 aromatic heterocycles. The number of carbonyl (C=O) groups excluding carboxylic acids is 2. The van der Waals surface area contributed by atoms with E-state index in [1.165, 1.54) is 0 Å². The lowest BCUT2D eigenvalue weighted by Crippen LogP contribution is -2.26. The van der Waals surface area contributed by atoms with Gasteiger partial charge >= 0.3 is 0 Å². The Balaban J connectivity index is 1.91. The highest BCUT2D eigenvalue weighted by Gasteiger charge is 2.27. The summed E-state index contributed by atoms with van der Waals surface area (Å²) in [7, 11) is 0. The number of hydrogen-bond donors (Lipinski definition) is 2. The number of carbonyl (C=O) groups is 2. The van der Waals surface area contributed by atoms with Gasteiger partial charge in [0.2, 0.25) is 0 Å². The van der Waals surface area contributed by atoms with Crippen molar-refractivity contribution in [3.05, 3.63) is 46.5 Å². The van der Waals surface area contributed by atoms with Gasteiger partial charge in [-0.1, -0.05) is 19.1 Å². The first-order chi connectivity index (χ1) is 12.5. The molecule has 2 N–H and O–H groups in total. The topological polar surface area (TPSA) is 76.0 Å². The summed E-state index contributed by atoms with van der Waals surface area (Å²) in [6.45, 7) is 7.33. The van der Waals surface area contributed by atoms with Crippen molar-refractivity contribution < 1.29 is 9.59 Å². The van der Waals surface area contributed by atoms with Crippen LogP contribution in [0.25, 0.3) is 0 Å². The third-order valence-corrected chi connectivity index (χ3v) is 4.92. The van der Waals surface area contributed by atoms with Crippen molar-refractivity contribution in [2.24, 2.45) is 0 Å². The second-order valence-corrected chi connectivity index (χ2v) is 6.80. The number of rotatable bonds is 5. The predicted octanol–water partition coefficient (Wildman–Crippen LogP) is 3.23. The van der Waals surface area contributed by atoms with Crippen molar-refractivity contribution in [3.8, 4) is 0 Å². The Morgan fingerprint density at radius 3 is 2.77 bits per heavy atom. The van der Waals surface area contributed by atoms with E-state index in [4.69, 9.17) is 0 Å². The van der Waals surface area contributed by atoms with Crippen molar-refractivity contribution >= 4 is 17.5 Å². The van der Waals surface area contributed by atoms with Gasteiger partial charge in [-0.25, -0.2) is 4.98 Å². The number of fused-ring (bicyclic) bond motifs is 1. The molecule has 0 unspecified atom stereocenters. The third-order valence-electron chi connectivity index (χ3n) is 4.92. The minimum Gasteiger partial charge on any atom is -0.351 e. The first kappa shape index (κ1) is 18.2. The van der Waals surface area contributed by atoms with Gasteiger partial charge in [0.1, 0.15) is 5.69 Å². The van der Waals surface area contributed by atoms with Gasteiger partial charge in [0.05, 0.1) is 5.69 Å². The molecule has 1 aliphatic heterocycles. The number of amides is 2. The number of imidazole rings is 1. The molecule has 3 rings (SSSR count). The highest BCUT2D eigenvalue weighted by atomic mass is 16.2. The van der Waals surface area contributed by atoms with Gasteiger partial charge in [0.15, 0.2) is 5.82 Å². The Bertz CT molecular complexity index is 839. The zero-order chi connectivity index (χ0) is 18.7. The first-order valence-corrected chi connectivity index (χ1v) is 9.28. The largest absolute Gasteiger partial charge is 0.351 e. The van der Waals surface area contributed by atoms with Gasteiger partial charge in [0, 0.05) is 18.8 Å². The van der Waals surface area contributed by atoms with Gasteiger partial charge < -0.3 is 15.2 Å². The first-order valence-electron chi connectivity index (χ1n) is 9.28. The maximum atomic E-state index is 12.9. The van der Waals surface area contributed by atoms with Crippen LogP contribution < -0.4 is 10.6 Å². The number of benzene rings is 1. The van der Waals surface area contributed by atoms with E-state index in [2.05, 4.69) is 15.6 Å². The summed E-state index contributed by atoms with van der Waals surface area (Å²) >= 11 is 0. The Morgan fingerprint density at radius 1 is 1.19 bits per heavy atom. The molecule has 0 spiro atoms. The molecule has 0 fully saturated rings. The van der Waals surface area contributed by atoms with E-state index in [-0.39, 0.29) is 11.8 Å². The molecule has 6 heteroatoms. The van der Waals surface area contributed by atoms with Crippen LogP contribution in [0.4, 0.5) is 5.69 Å². The summed E-state index contributed by atoms with van der Waals surface area (Å²) in [5.74, 6) is -0.137. The number of nitrogens with zero attached hydrogens (tertiary/aromatic N) is 2. The van der Waals surface area contributed by atoms with E-state index in [0.29, 0.717) is 18.1 Å². The Hall–Kier alpha value is -2.63. The fraction of sp³-hybridized carbons (Fsp3) is 0.450. The van der Waals surface area contributed by atoms with Crippen LogP contribution in [0.15, 0.2) is 18.2 Å². The molecule has 2 heterocycles. The molecule has 2 amide bonds. The Kier molecular flexibility index (Phi) is 5.40. The zero-order valence-corrected chi connectivity index (χ0v) is 15.7. The van der Waals surface area contributed by atoms with Gasteiger partial charge in [-0.05, 0) is 56.7 Å². The van der Waals surface area contributed by atoms with Gasteiger partial charge in [-0.3, -0.25) is 9.59 Å². The van der Waals surface area contributed by atoms with E-state index >= 15 is 0 Å². The minimum atomic E-state index is -0.267. The van der Waals surface area contributed by atoms with Crippen LogP contribution in [0.3, 0.4) is 0 Å². The van der Waals surface area contributed by atoms with Crippen LogP contribution in [0.1, 0.15) is 64.1 Å². The van der Waals surface area contributed by atoms with Crippen LogP contribution in [-0.4, -0.2) is 27.9 Å². The molecule has 1 aliphatic rings. The average Bonchev–Trinajstić information content (AvgIpc) is 3.03. The lowest BCUT2D eigenvalue weighted by Gasteiger charge is -2.17. The Labute approximate surface area is 154 Å². The molecule has 6 nitrogen and oxygen atoms in total. The highest BCUT2D eigenvalue weighted by molar-refractivity contribution is 6.04. The van der Waals surface area contributed by atoms with Crippen LogP contribution in [0.5, 0.6) is 0 Å². The van der Waals surface area contributed by atoms with E-state index < -0.39 is 0 Å². The van der Waals surface area contributed by atoms with Gasteiger partial charge in [0.25, 0.3) is 11.8 Å². The fourth-order valence-electron chi connectivity index (χ4n) is 3.29. The fourth-order valence-corrected chi connectivity index (χ4v) is 3.29. The van der Waals surface area contributed by atoms with Crippen molar-refractivity contribution in [2.75, 3.05) is 11.9 Å². The van der Waals surface area contributed by atoms with Gasteiger partial charge in [-0.15, -0.1) is 0 Å². The maximum Gasteiger partial charge on any atom is 0.291 e. The summed E-state index contributed by atoms with van der Waals surface area (Å²) in [6, 6.07) is 5.82. The molecule has 2 aromatic rings. The second-order valence-electron chi connectivity index (χ2n) is 6.80. The number of aromatic nitrogens is 2. The van der Waals surface area contributed by atoms with Crippen LogP contribution in [0.2, 0.25) is 0 Å². The van der Waals surface area contributed by atoms with Crippen LogP contribution in [0, 0.1) is 13.8 Å². The summed E-state index contributed by atoms with van der Waals surface area (Å²) in [6.07, 6.45) is 3.64. The number of hydrogen-bond acceptors (Lipinski definition) is 3. The van der Waals surface area contributed by atoms with Gasteiger partial charge in [-0.2, -0.15) is 0 Å². The van der Waals surface area contributed by atoms with E-state index in [9.17, 15) is 9.59 Å². The maximum absolute atomic E-state index is 12.9. The normalized spacial score (nSPS) is 13.2. The van der Waals surface area contributed by atoms with E-state index in [1.807, 2.05) is 43.5 Å². The molecule has 0 saturated carbocycles. The SMILES string of the molecule is CCCNC(=O)c1nc(C(=O)Nc2cccc(C)c2C)n2c1CCCC2. The standard InChI is InChI=1S/C20H26N4O2/c1-4-11-21-19(25)17-16-10-5-6-12-24(16)18(23-17)20(26)22-15-9-7-8-13(2)14(15)3/h7-9H,4-6,10-12H2,1-3H3,(H,21,25)(H,22,26). The summed E-state index contributed by atoms with van der Waals surface area (Å²) in [5.41, 5.74) is 4.19. The minimum absolute atomic E-state index is 0.191. The molecule has 0 radical (unpaired) electrons. The third kappa shape index (κ3) is 3.49. The number of nitrogens with one attached hydrogen (secondary N) is 2. The zero-order valence-electron chi connectivity index (χ0n) is 15.7. The number of anilines is 1. The Morgan fingerprint density at radius 2 is 2.00 bits per heavy atom. The molecule has 1 aromatic carbocycles. The predicted molar refractivity (Wildman–Crippen MR) is 102 cm³/mol. The average molecular weight is 354 g/mol.